The summed E-state index contributed by atoms with van der Waals surface area (Å²) in [6.45, 7) is 10.9. The minimum atomic E-state index is -1.19. The summed E-state index contributed by atoms with van der Waals surface area (Å²) >= 11 is 31.8. The van der Waals surface area contributed by atoms with Gasteiger partial charge in [0.1, 0.15) is 11.1 Å². The molecule has 32 nitrogen and oxygen atoms in total. The number of carboxylic acids is 2. The fraction of sp³-hybridized carbons (Fsp3) is 0.500. The molecular formula is C72H92Br2Cl4GaInN14O18+6. The Morgan fingerprint density at radius 2 is 0.705 bits per heavy atom. The van der Waals surface area contributed by atoms with Gasteiger partial charge >= 0.3 is 94.1 Å². The molecule has 4 aliphatic heterocycles. The van der Waals surface area contributed by atoms with E-state index in [2.05, 4.69) is 52.3 Å². The van der Waals surface area contributed by atoms with Crippen molar-refractivity contribution in [3.8, 4) is 0 Å². The Morgan fingerprint density at radius 3 is 0.973 bits per heavy atom. The zero-order valence-corrected chi connectivity index (χ0v) is 74.5. The molecule has 6 N–H and O–H groups in total. The van der Waals surface area contributed by atoms with Crippen LogP contribution in [0.15, 0.2) is 93.9 Å². The molecule has 0 radical (unpaired) electrons. The summed E-state index contributed by atoms with van der Waals surface area (Å²) in [6, 6.07) is 23.4. The number of carboxylic acid groups (broad SMARTS) is 4. The minimum Gasteiger partial charge on any atom is -0.480 e. The summed E-state index contributed by atoms with van der Waals surface area (Å²) in [5.41, 5.74) is -0.0118. The molecule has 0 aromatic heterocycles. The Kier molecular flexibility index (Phi) is 44.4. The van der Waals surface area contributed by atoms with E-state index in [1.807, 2.05) is 72.4 Å². The van der Waals surface area contributed by atoms with Crippen LogP contribution in [0.3, 0.4) is 0 Å². The number of aliphatic carboxylic acids is 2. The van der Waals surface area contributed by atoms with Gasteiger partial charge in [0.2, 0.25) is 11.8 Å². The number of rotatable bonds is 24. The molecule has 0 unspecified atom stereocenters. The number of nitrogens with zero attached hydrogens (tertiary/aromatic N) is 12. The SMILES string of the molecule is CN1CCN(CC(=O)O)CCN(C(=O)O)CCN(CC(=O)NCCCCN2C(=O)N(c3cc(Cl)cc(Cl)c3)C(=O)[C@]2(C)Cc2ccc(Br)cc2)CC1.CN1CCN(CC(=O)O)CCN(C(=O)O)CCN(CC(=O)NCCCCN2C(=O)N(c3cc(Cl)cc(Cl)c3)C(=O)[C@]2(C)Cc2ccc(Br)cc2)CC1.O=C=O.O=C=O.[Ga+3].[In+3]. The third-order valence-electron chi connectivity index (χ3n) is 18.7. The maximum atomic E-state index is 14.0. The quantitative estimate of drug-likeness (QED) is 0.0260. The number of benzene rings is 4. The first-order chi connectivity index (χ1) is 52.1. The van der Waals surface area contributed by atoms with Gasteiger partial charge < -0.3 is 60.5 Å². The van der Waals surface area contributed by atoms with Gasteiger partial charge in [0.05, 0.1) is 37.6 Å². The third kappa shape index (κ3) is 32.2. The third-order valence-corrected chi connectivity index (χ3v) is 20.6. The van der Waals surface area contributed by atoms with Gasteiger partial charge in [-0.3, -0.25) is 48.4 Å². The van der Waals surface area contributed by atoms with Crippen molar-refractivity contribution in [3.05, 3.63) is 125 Å². The summed E-state index contributed by atoms with van der Waals surface area (Å²) in [5.74, 6) is -3.11. The van der Waals surface area contributed by atoms with Crippen molar-refractivity contribution in [2.24, 2.45) is 0 Å². The summed E-state index contributed by atoms with van der Waals surface area (Å²) < 4.78 is 1.79. The van der Waals surface area contributed by atoms with Gasteiger partial charge in [-0.15, -0.1) is 0 Å². The van der Waals surface area contributed by atoms with Crippen LogP contribution < -0.4 is 20.4 Å². The number of amides is 10. The van der Waals surface area contributed by atoms with E-state index in [0.29, 0.717) is 149 Å². The van der Waals surface area contributed by atoms with E-state index < -0.39 is 47.3 Å². The van der Waals surface area contributed by atoms with Crippen LogP contribution in [0.5, 0.6) is 0 Å². The standard InChI is InChI=1S/2C35H46BrCl2N7O7.2CO2.Ga.In/c2*1-35(22-25-5-7-26(36)8-6-25)32(49)45(29-20-27(37)19-28(38)21-29)33(50)44(35)10-4-3-9-39-30(46)23-41-13-11-40(2)12-14-42(24-31(47)48)16-18-43(17-15-41)34(51)52;2*2-1-3;;/h2*5-8,19-21H,3-4,9-18,22-24H2,1-2H3,(H,39,46)(H,47,48)(H,51,52);;;;/q;;;;2*+3/t2*35-;;;;/m00..../s1. The number of carbonyl (C=O) groups excluding carboxylic acids is 10. The molecule has 4 aromatic rings. The number of hydrogen-bond acceptors (Lipinski definition) is 20. The molecule has 4 fully saturated rings. The molecule has 8 rings (SSSR count). The van der Waals surface area contributed by atoms with Crippen molar-refractivity contribution in [3.63, 3.8) is 0 Å². The molecular weight excluding hydrogens is 1840 g/mol. The molecule has 0 aliphatic carbocycles. The number of nitrogens with one attached hydrogen (secondary N) is 2. The molecule has 0 spiro atoms. The van der Waals surface area contributed by atoms with E-state index in [0.717, 1.165) is 29.9 Å². The molecule has 2 atom stereocenters. The molecule has 4 aromatic carbocycles. The number of imide groups is 2. The second-order valence-electron chi connectivity index (χ2n) is 26.9. The average molecular weight is 1930 g/mol. The molecule has 600 valence electrons. The second kappa shape index (κ2) is 50.0. The van der Waals surface area contributed by atoms with Crippen molar-refractivity contribution >= 4 is 207 Å². The topological polar surface area (TPSA) is 383 Å². The van der Waals surface area contributed by atoms with E-state index in [1.165, 1.54) is 46.2 Å². The molecule has 0 saturated carbocycles. The van der Waals surface area contributed by atoms with E-state index in [1.54, 1.807) is 33.4 Å². The van der Waals surface area contributed by atoms with Crippen LogP contribution in [-0.2, 0) is 60.8 Å². The van der Waals surface area contributed by atoms with E-state index in [-0.39, 0.29) is 160 Å². The molecule has 40 heteroatoms. The molecule has 4 saturated heterocycles. The number of hydrogen-bond donors (Lipinski definition) is 6. The van der Waals surface area contributed by atoms with E-state index in [9.17, 15) is 68.4 Å². The first-order valence-corrected chi connectivity index (χ1v) is 38.2. The van der Waals surface area contributed by atoms with Crippen LogP contribution in [0.4, 0.5) is 30.6 Å². The van der Waals surface area contributed by atoms with Crippen LogP contribution >= 0.6 is 78.3 Å². The predicted molar refractivity (Wildman–Crippen MR) is 426 cm³/mol. The predicted octanol–water partition coefficient (Wildman–Crippen LogP) is 6.14. The minimum absolute atomic E-state index is 0. The van der Waals surface area contributed by atoms with E-state index in [4.69, 9.17) is 65.6 Å². The monoisotopic (exact) mass is 1920 g/mol. The average Bonchev–Trinajstić information content (AvgIpc) is 1.60. The maximum Gasteiger partial charge on any atom is 3.00 e. The zero-order valence-electron chi connectivity index (χ0n) is 62.6. The first kappa shape index (κ1) is 99.5. The van der Waals surface area contributed by atoms with Gasteiger partial charge in [-0.1, -0.05) is 103 Å². The Hall–Kier alpha value is -6.67. The number of urea groups is 2. The summed E-state index contributed by atoms with van der Waals surface area (Å²) in [5, 5.41) is 45.1. The Morgan fingerprint density at radius 1 is 0.438 bits per heavy atom. The fourth-order valence-corrected chi connectivity index (χ4v) is 14.3. The zero-order chi connectivity index (χ0) is 81.4. The number of halogens is 6. The molecule has 4 heterocycles. The fourth-order valence-electron chi connectivity index (χ4n) is 12.7. The number of anilines is 2. The Bertz CT molecular complexity index is 3620. The largest absolute Gasteiger partial charge is 3.00 e. The van der Waals surface area contributed by atoms with Gasteiger partial charge in [-0.25, -0.2) is 29.0 Å². The maximum absolute atomic E-state index is 14.0. The summed E-state index contributed by atoms with van der Waals surface area (Å²) in [4.78, 5) is 180. The molecule has 112 heavy (non-hydrogen) atoms. The molecule has 10 amide bonds. The number of likely N-dealkylation sites (N-methyl/N-ethyl adjacent to an activating group) is 2. The van der Waals surface area contributed by atoms with Crippen molar-refractivity contribution in [1.82, 2.24) is 59.6 Å². The van der Waals surface area contributed by atoms with E-state index >= 15 is 0 Å². The van der Waals surface area contributed by atoms with Crippen molar-refractivity contribution < 1.29 is 87.5 Å². The van der Waals surface area contributed by atoms with Gasteiger partial charge in [0.25, 0.3) is 11.8 Å². The van der Waals surface area contributed by atoms with Gasteiger partial charge in [-0.2, -0.15) is 19.2 Å². The Labute approximate surface area is 718 Å². The van der Waals surface area contributed by atoms with Crippen molar-refractivity contribution in [2.75, 3.05) is 181 Å². The van der Waals surface area contributed by atoms with Crippen LogP contribution in [0.25, 0.3) is 0 Å². The van der Waals surface area contributed by atoms with Gasteiger partial charge in [0, 0.05) is 173 Å². The summed E-state index contributed by atoms with van der Waals surface area (Å²) in [7, 11) is 3.86. The summed E-state index contributed by atoms with van der Waals surface area (Å²) in [6.07, 6.45) is 1.00. The Balaban J connectivity index is 0.000000533. The molecule has 4 aliphatic rings. The smallest absolute Gasteiger partial charge is 0.480 e. The number of unbranched alkanes of at least 4 members (excludes halogenated alkanes) is 2. The number of carbonyl (C=O) groups is 10. The van der Waals surface area contributed by atoms with Crippen molar-refractivity contribution in [2.45, 2.75) is 63.5 Å². The van der Waals surface area contributed by atoms with Crippen LogP contribution in [-0.4, -0.2) is 369 Å². The van der Waals surface area contributed by atoms with Gasteiger partial charge in [-0.05, 0) is 125 Å². The second-order valence-corrected chi connectivity index (χ2v) is 30.5. The molecule has 0 bridgehead atoms. The van der Waals surface area contributed by atoms with Crippen molar-refractivity contribution in [1.29, 1.82) is 0 Å². The van der Waals surface area contributed by atoms with Crippen LogP contribution in [0.1, 0.15) is 50.7 Å². The van der Waals surface area contributed by atoms with Gasteiger partial charge in [0.15, 0.2) is 0 Å². The van der Waals surface area contributed by atoms with Crippen LogP contribution in [0, 0.1) is 0 Å². The normalized spacial score (nSPS) is 18.8. The first-order valence-electron chi connectivity index (χ1n) is 35.1. The van der Waals surface area contributed by atoms with Crippen LogP contribution in [0.2, 0.25) is 20.1 Å².